The molecule has 126 valence electrons. The summed E-state index contributed by atoms with van der Waals surface area (Å²) < 4.78 is 5.88. The van der Waals surface area contributed by atoms with Crippen LogP contribution in [0.15, 0.2) is 28.9 Å². The third-order valence-corrected chi connectivity index (χ3v) is 6.62. The largest absolute Gasteiger partial charge is 0.464 e. The summed E-state index contributed by atoms with van der Waals surface area (Å²) in [4.78, 5) is 23.9. The molecule has 0 radical (unpaired) electrons. The molecular weight excluding hydrogens is 300 g/mol. The molecule has 4 rings (SSSR count). The molecule has 1 aromatic rings. The summed E-state index contributed by atoms with van der Waals surface area (Å²) in [5.74, 6) is 0.974. The lowest BCUT2D eigenvalue weighted by Gasteiger charge is -2.53. The summed E-state index contributed by atoms with van der Waals surface area (Å²) in [6.07, 6.45) is 11.7. The zero-order valence-electron chi connectivity index (χ0n) is 14.6. The number of rotatable bonds is 1. The maximum atomic E-state index is 12.2. The topological polar surface area (TPSA) is 47.3 Å². The molecule has 3 aliphatic rings. The van der Waals surface area contributed by atoms with Crippen LogP contribution in [0.5, 0.6) is 0 Å². The highest BCUT2D eigenvalue weighted by atomic mass is 16.3. The third kappa shape index (κ3) is 2.10. The van der Waals surface area contributed by atoms with E-state index in [2.05, 4.69) is 20.8 Å². The molecule has 1 saturated carbocycles. The number of allylic oxidation sites excluding steroid dienone is 4. The van der Waals surface area contributed by atoms with Crippen molar-refractivity contribution in [2.24, 2.45) is 11.3 Å². The first-order valence-electron chi connectivity index (χ1n) is 8.92. The molecule has 0 unspecified atom stereocenters. The lowest BCUT2D eigenvalue weighted by Crippen LogP contribution is -2.47. The fourth-order valence-corrected chi connectivity index (χ4v) is 5.46. The van der Waals surface area contributed by atoms with Gasteiger partial charge in [-0.1, -0.05) is 27.2 Å². The zero-order valence-corrected chi connectivity index (χ0v) is 14.6. The Hall–Kier alpha value is -1.90. The molecule has 3 heteroatoms. The highest BCUT2D eigenvalue weighted by Gasteiger charge is 2.51. The van der Waals surface area contributed by atoms with Crippen LogP contribution in [0, 0.1) is 11.3 Å². The molecule has 1 fully saturated rings. The Kier molecular flexibility index (Phi) is 3.28. The van der Waals surface area contributed by atoms with Crippen molar-refractivity contribution in [3.63, 3.8) is 0 Å². The Morgan fingerprint density at radius 3 is 2.71 bits per heavy atom. The van der Waals surface area contributed by atoms with Gasteiger partial charge in [0.25, 0.3) is 0 Å². The van der Waals surface area contributed by atoms with E-state index >= 15 is 0 Å². The van der Waals surface area contributed by atoms with E-state index in [4.69, 9.17) is 4.42 Å². The first-order valence-corrected chi connectivity index (χ1v) is 8.92. The van der Waals surface area contributed by atoms with Crippen molar-refractivity contribution in [3.05, 3.63) is 41.4 Å². The molecule has 0 aromatic carbocycles. The van der Waals surface area contributed by atoms with Gasteiger partial charge in [0, 0.05) is 17.2 Å². The Bertz CT molecular complexity index is 790. The van der Waals surface area contributed by atoms with E-state index in [1.54, 1.807) is 0 Å². The Labute approximate surface area is 142 Å². The second-order valence-electron chi connectivity index (χ2n) is 8.47. The summed E-state index contributed by atoms with van der Waals surface area (Å²) in [5, 5.41) is 0. The SMILES string of the molecule is CC1(C)CCC[C@]2(C)c3coc(C4=CC(=O)C=CC4=O)c3CC[C@@H]12. The van der Waals surface area contributed by atoms with Crippen LogP contribution in [0.1, 0.15) is 63.3 Å². The molecule has 0 spiro atoms. The number of hydrogen-bond donors (Lipinski definition) is 0. The van der Waals surface area contributed by atoms with E-state index < -0.39 is 0 Å². The van der Waals surface area contributed by atoms with E-state index in [1.165, 1.54) is 43.1 Å². The van der Waals surface area contributed by atoms with Crippen molar-refractivity contribution >= 4 is 17.1 Å². The molecule has 3 aliphatic carbocycles. The first-order chi connectivity index (χ1) is 11.3. The summed E-state index contributed by atoms with van der Waals surface area (Å²) in [6, 6.07) is 0. The summed E-state index contributed by atoms with van der Waals surface area (Å²) in [6.45, 7) is 7.13. The molecule has 0 aliphatic heterocycles. The van der Waals surface area contributed by atoms with Crippen molar-refractivity contribution in [3.8, 4) is 0 Å². The van der Waals surface area contributed by atoms with Gasteiger partial charge in [-0.3, -0.25) is 9.59 Å². The van der Waals surface area contributed by atoms with E-state index in [-0.39, 0.29) is 17.0 Å². The fraction of sp³-hybridized carbons (Fsp3) is 0.524. The molecule has 2 atom stereocenters. The van der Waals surface area contributed by atoms with Crippen molar-refractivity contribution in [1.82, 2.24) is 0 Å². The van der Waals surface area contributed by atoms with E-state index in [9.17, 15) is 9.59 Å². The minimum atomic E-state index is -0.145. The van der Waals surface area contributed by atoms with Gasteiger partial charge < -0.3 is 4.42 Å². The molecule has 0 saturated heterocycles. The van der Waals surface area contributed by atoms with Gasteiger partial charge in [-0.15, -0.1) is 0 Å². The number of furan rings is 1. The second-order valence-corrected chi connectivity index (χ2v) is 8.47. The lowest BCUT2D eigenvalue weighted by molar-refractivity contribution is -0.113. The van der Waals surface area contributed by atoms with Crippen molar-refractivity contribution in [1.29, 1.82) is 0 Å². The third-order valence-electron chi connectivity index (χ3n) is 6.62. The van der Waals surface area contributed by atoms with Gasteiger partial charge in [0.2, 0.25) is 0 Å². The number of fused-ring (bicyclic) bond motifs is 3. The minimum absolute atomic E-state index is 0.106. The van der Waals surface area contributed by atoms with E-state index in [0.717, 1.165) is 18.4 Å². The van der Waals surface area contributed by atoms with E-state index in [0.29, 0.717) is 22.7 Å². The van der Waals surface area contributed by atoms with Crippen LogP contribution in [0.3, 0.4) is 0 Å². The van der Waals surface area contributed by atoms with Crippen LogP contribution < -0.4 is 0 Å². The predicted octanol–water partition coefficient (Wildman–Crippen LogP) is 4.40. The van der Waals surface area contributed by atoms with E-state index in [1.807, 2.05) is 6.26 Å². The average Bonchev–Trinajstić information content (AvgIpc) is 2.94. The standard InChI is InChI=1S/C21H24O3/c1-20(2)9-4-10-21(3)16-12-24-19(14(16)6-8-18(20)21)15-11-13(22)5-7-17(15)23/h5,7,11-12,18H,4,6,8-10H2,1-3H3/t18-,21+/m0/s1. The van der Waals surface area contributed by atoms with Crippen molar-refractivity contribution < 1.29 is 14.0 Å². The van der Waals surface area contributed by atoms with Gasteiger partial charge >= 0.3 is 0 Å². The minimum Gasteiger partial charge on any atom is -0.464 e. The predicted molar refractivity (Wildman–Crippen MR) is 92.6 cm³/mol. The van der Waals surface area contributed by atoms with Gasteiger partial charge in [0.05, 0.1) is 11.8 Å². The quantitative estimate of drug-likeness (QED) is 0.719. The van der Waals surface area contributed by atoms with Gasteiger partial charge in [-0.25, -0.2) is 0 Å². The van der Waals surface area contributed by atoms with Gasteiger partial charge in [0.1, 0.15) is 5.76 Å². The number of ketones is 2. The van der Waals surface area contributed by atoms with Gasteiger partial charge in [-0.2, -0.15) is 0 Å². The van der Waals surface area contributed by atoms with Gasteiger partial charge in [0.15, 0.2) is 11.6 Å². The zero-order chi connectivity index (χ0) is 17.1. The summed E-state index contributed by atoms with van der Waals surface area (Å²) in [7, 11) is 0. The van der Waals surface area contributed by atoms with Crippen LogP contribution in [0.25, 0.3) is 5.57 Å². The van der Waals surface area contributed by atoms with Crippen molar-refractivity contribution in [2.75, 3.05) is 0 Å². The molecular formula is C21H24O3. The molecule has 1 heterocycles. The molecule has 3 nitrogen and oxygen atoms in total. The Balaban J connectivity index is 1.81. The first kappa shape index (κ1) is 15.6. The van der Waals surface area contributed by atoms with Gasteiger partial charge in [-0.05, 0) is 54.6 Å². The molecule has 0 amide bonds. The highest BCUT2D eigenvalue weighted by Crippen LogP contribution is 2.58. The fourth-order valence-electron chi connectivity index (χ4n) is 5.46. The molecule has 0 N–H and O–H groups in total. The molecule has 1 aromatic heterocycles. The van der Waals surface area contributed by atoms with Crippen LogP contribution in [0.4, 0.5) is 0 Å². The second kappa shape index (κ2) is 5.05. The number of carbonyl (C=O) groups excluding carboxylic acids is 2. The smallest absolute Gasteiger partial charge is 0.189 e. The Morgan fingerprint density at radius 1 is 1.12 bits per heavy atom. The van der Waals surface area contributed by atoms with Crippen molar-refractivity contribution in [2.45, 2.75) is 58.3 Å². The maximum Gasteiger partial charge on any atom is 0.189 e. The number of hydrogen-bond acceptors (Lipinski definition) is 3. The molecule has 24 heavy (non-hydrogen) atoms. The summed E-state index contributed by atoms with van der Waals surface area (Å²) in [5.41, 5.74) is 3.27. The summed E-state index contributed by atoms with van der Waals surface area (Å²) >= 11 is 0. The lowest BCUT2D eigenvalue weighted by atomic mass is 9.51. The van der Waals surface area contributed by atoms with Crippen LogP contribution >= 0.6 is 0 Å². The van der Waals surface area contributed by atoms with Crippen LogP contribution in [-0.2, 0) is 21.4 Å². The normalized spacial score (nSPS) is 31.5. The van der Waals surface area contributed by atoms with Crippen LogP contribution in [0.2, 0.25) is 0 Å². The molecule has 0 bridgehead atoms. The highest BCUT2D eigenvalue weighted by molar-refractivity contribution is 6.33. The van der Waals surface area contributed by atoms with Crippen LogP contribution in [-0.4, -0.2) is 11.6 Å². The number of carbonyl (C=O) groups is 2. The Morgan fingerprint density at radius 2 is 1.92 bits per heavy atom. The maximum absolute atomic E-state index is 12.2. The monoisotopic (exact) mass is 324 g/mol. The average molecular weight is 324 g/mol.